The number of aromatic nitrogens is 2. The Morgan fingerprint density at radius 1 is 1.44 bits per heavy atom. The number of para-hydroxylation sites is 1. The zero-order chi connectivity index (χ0) is 12.8. The van der Waals surface area contributed by atoms with Gasteiger partial charge in [-0.15, -0.1) is 0 Å². The molecule has 1 aromatic heterocycles. The standard InChI is InChI=1S/C14H18N2S2/c1-10-5-3-6-11-12(10)15-13(17)16(11)9-14(18-2)7-4-8-14/h3,5-6H,4,7-9H2,1-2H3,(H,15,17). The van der Waals surface area contributed by atoms with Crippen molar-refractivity contribution in [3.05, 3.63) is 28.5 Å². The molecule has 1 aromatic carbocycles. The van der Waals surface area contributed by atoms with Crippen LogP contribution in [0.1, 0.15) is 24.8 Å². The van der Waals surface area contributed by atoms with E-state index in [4.69, 9.17) is 12.2 Å². The summed E-state index contributed by atoms with van der Waals surface area (Å²) < 4.78 is 3.56. The van der Waals surface area contributed by atoms with Crippen molar-refractivity contribution in [3.63, 3.8) is 0 Å². The molecule has 1 heterocycles. The number of thioether (sulfide) groups is 1. The number of rotatable bonds is 3. The molecule has 1 N–H and O–H groups in total. The van der Waals surface area contributed by atoms with Gasteiger partial charge in [0.25, 0.3) is 0 Å². The molecule has 2 aromatic rings. The number of aromatic amines is 1. The maximum atomic E-state index is 5.50. The third-order valence-corrected chi connectivity index (χ3v) is 5.89. The number of hydrogen-bond acceptors (Lipinski definition) is 2. The van der Waals surface area contributed by atoms with E-state index in [1.807, 2.05) is 11.8 Å². The molecule has 0 unspecified atom stereocenters. The van der Waals surface area contributed by atoms with Crippen LogP contribution in [-0.2, 0) is 6.54 Å². The van der Waals surface area contributed by atoms with Gasteiger partial charge >= 0.3 is 0 Å². The normalized spacial score (nSPS) is 17.9. The highest BCUT2D eigenvalue weighted by Crippen LogP contribution is 2.44. The summed E-state index contributed by atoms with van der Waals surface area (Å²) in [6, 6.07) is 6.41. The third kappa shape index (κ3) is 1.82. The number of nitrogens with zero attached hydrogens (tertiary/aromatic N) is 1. The van der Waals surface area contributed by atoms with Crippen LogP contribution >= 0.6 is 24.0 Å². The Hall–Kier alpha value is -0.740. The number of fused-ring (bicyclic) bond motifs is 1. The molecule has 0 aliphatic heterocycles. The number of aryl methyl sites for hydroxylation is 1. The Balaban J connectivity index is 2.09. The maximum absolute atomic E-state index is 5.50. The summed E-state index contributed by atoms with van der Waals surface area (Å²) in [5, 5.41) is 0. The van der Waals surface area contributed by atoms with E-state index in [2.05, 4.69) is 40.9 Å². The van der Waals surface area contributed by atoms with Gasteiger partial charge < -0.3 is 9.55 Å². The van der Waals surface area contributed by atoms with Gasteiger partial charge in [-0.1, -0.05) is 18.6 Å². The smallest absolute Gasteiger partial charge is 0.178 e. The lowest BCUT2D eigenvalue weighted by molar-refractivity contribution is 0.323. The van der Waals surface area contributed by atoms with Crippen LogP contribution in [0.3, 0.4) is 0 Å². The highest BCUT2D eigenvalue weighted by Gasteiger charge is 2.36. The van der Waals surface area contributed by atoms with Crippen molar-refractivity contribution in [1.82, 2.24) is 9.55 Å². The van der Waals surface area contributed by atoms with Gasteiger partial charge in [0.1, 0.15) is 0 Å². The molecule has 1 aliphatic carbocycles. The Labute approximate surface area is 117 Å². The molecule has 0 spiro atoms. The molecule has 0 radical (unpaired) electrons. The largest absolute Gasteiger partial charge is 0.330 e. The van der Waals surface area contributed by atoms with Gasteiger partial charge in [0.05, 0.1) is 11.0 Å². The van der Waals surface area contributed by atoms with Gasteiger partial charge in [-0.05, 0) is 49.9 Å². The summed E-state index contributed by atoms with van der Waals surface area (Å²) in [6.45, 7) is 3.17. The average Bonchev–Trinajstić information content (AvgIpc) is 2.62. The van der Waals surface area contributed by atoms with E-state index in [9.17, 15) is 0 Å². The molecule has 18 heavy (non-hydrogen) atoms. The predicted octanol–water partition coefficient (Wildman–Crippen LogP) is 4.29. The molecule has 96 valence electrons. The van der Waals surface area contributed by atoms with Gasteiger partial charge in [0, 0.05) is 11.3 Å². The van der Waals surface area contributed by atoms with E-state index in [0.717, 1.165) is 11.3 Å². The van der Waals surface area contributed by atoms with Crippen molar-refractivity contribution in [2.24, 2.45) is 0 Å². The van der Waals surface area contributed by atoms with Crippen LogP contribution < -0.4 is 0 Å². The summed E-state index contributed by atoms with van der Waals surface area (Å²) >= 11 is 7.50. The molecule has 2 nitrogen and oxygen atoms in total. The van der Waals surface area contributed by atoms with Crippen molar-refractivity contribution in [3.8, 4) is 0 Å². The monoisotopic (exact) mass is 278 g/mol. The fourth-order valence-corrected chi connectivity index (χ4v) is 3.99. The molecule has 1 saturated carbocycles. The first-order chi connectivity index (χ1) is 8.65. The lowest BCUT2D eigenvalue weighted by atomic mass is 9.84. The molecular weight excluding hydrogens is 260 g/mol. The SMILES string of the molecule is CSC1(Cn2c(=S)[nH]c3c(C)cccc32)CCC1. The van der Waals surface area contributed by atoms with Gasteiger partial charge in [-0.3, -0.25) is 0 Å². The van der Waals surface area contributed by atoms with Gasteiger partial charge in [-0.25, -0.2) is 0 Å². The average molecular weight is 278 g/mol. The van der Waals surface area contributed by atoms with Gasteiger partial charge in [-0.2, -0.15) is 11.8 Å². The third-order valence-electron chi connectivity index (χ3n) is 4.16. The Bertz CT molecular complexity index is 629. The van der Waals surface area contributed by atoms with Crippen molar-refractivity contribution < 1.29 is 0 Å². The zero-order valence-electron chi connectivity index (χ0n) is 10.8. The minimum atomic E-state index is 0.414. The first-order valence-electron chi connectivity index (χ1n) is 6.38. The van der Waals surface area contributed by atoms with E-state index in [1.54, 1.807) is 0 Å². The Kier molecular flexibility index (Phi) is 3.02. The quantitative estimate of drug-likeness (QED) is 0.845. The zero-order valence-corrected chi connectivity index (χ0v) is 12.5. The summed E-state index contributed by atoms with van der Waals surface area (Å²) in [5.41, 5.74) is 3.71. The topological polar surface area (TPSA) is 20.7 Å². The Morgan fingerprint density at radius 3 is 2.83 bits per heavy atom. The van der Waals surface area contributed by atoms with E-state index in [1.165, 1.54) is 35.9 Å². The number of nitrogens with one attached hydrogen (secondary N) is 1. The Morgan fingerprint density at radius 2 is 2.22 bits per heavy atom. The molecule has 0 bridgehead atoms. The van der Waals surface area contributed by atoms with Crippen LogP contribution in [0.15, 0.2) is 18.2 Å². The molecule has 1 fully saturated rings. The molecule has 0 amide bonds. The second-order valence-corrected chi connectivity index (χ2v) is 6.89. The molecular formula is C14H18N2S2. The first kappa shape index (κ1) is 12.3. The number of hydrogen-bond donors (Lipinski definition) is 1. The van der Waals surface area contributed by atoms with Crippen LogP contribution in [-0.4, -0.2) is 20.6 Å². The van der Waals surface area contributed by atoms with Gasteiger partial charge in [0.2, 0.25) is 0 Å². The van der Waals surface area contributed by atoms with Crippen LogP contribution in [0.5, 0.6) is 0 Å². The molecule has 4 heteroatoms. The highest BCUT2D eigenvalue weighted by atomic mass is 32.2. The van der Waals surface area contributed by atoms with E-state index in [-0.39, 0.29) is 0 Å². The van der Waals surface area contributed by atoms with Crippen LogP contribution in [0.2, 0.25) is 0 Å². The molecule has 3 rings (SSSR count). The molecule has 0 saturated heterocycles. The second-order valence-electron chi connectivity index (χ2n) is 5.23. The molecule has 0 atom stereocenters. The summed E-state index contributed by atoms with van der Waals surface area (Å²) in [6.07, 6.45) is 6.21. The van der Waals surface area contributed by atoms with E-state index >= 15 is 0 Å². The lowest BCUT2D eigenvalue weighted by Crippen LogP contribution is -2.37. The lowest BCUT2D eigenvalue weighted by Gasteiger charge is -2.40. The fourth-order valence-electron chi connectivity index (χ4n) is 2.77. The van der Waals surface area contributed by atoms with Gasteiger partial charge in [0.15, 0.2) is 4.77 Å². The second kappa shape index (κ2) is 4.42. The van der Waals surface area contributed by atoms with Crippen LogP contribution in [0.4, 0.5) is 0 Å². The van der Waals surface area contributed by atoms with Crippen molar-refractivity contribution >= 4 is 35.0 Å². The van der Waals surface area contributed by atoms with E-state index in [0.29, 0.717) is 4.75 Å². The minimum absolute atomic E-state index is 0.414. The summed E-state index contributed by atoms with van der Waals surface area (Å²) in [5.74, 6) is 0. The summed E-state index contributed by atoms with van der Waals surface area (Å²) in [4.78, 5) is 3.36. The highest BCUT2D eigenvalue weighted by molar-refractivity contribution is 8.00. The number of imidazole rings is 1. The number of H-pyrrole nitrogens is 1. The van der Waals surface area contributed by atoms with Crippen LogP contribution in [0, 0.1) is 11.7 Å². The van der Waals surface area contributed by atoms with E-state index < -0.39 is 0 Å². The predicted molar refractivity (Wildman–Crippen MR) is 82.0 cm³/mol. The number of benzene rings is 1. The van der Waals surface area contributed by atoms with Crippen molar-refractivity contribution in [2.45, 2.75) is 37.5 Å². The first-order valence-corrected chi connectivity index (χ1v) is 8.02. The minimum Gasteiger partial charge on any atom is -0.330 e. The van der Waals surface area contributed by atoms with Crippen molar-refractivity contribution in [2.75, 3.05) is 6.26 Å². The maximum Gasteiger partial charge on any atom is 0.178 e. The van der Waals surface area contributed by atoms with Crippen LogP contribution in [0.25, 0.3) is 11.0 Å². The van der Waals surface area contributed by atoms with Crippen molar-refractivity contribution in [1.29, 1.82) is 0 Å². The molecule has 1 aliphatic rings. The summed E-state index contributed by atoms with van der Waals surface area (Å²) in [7, 11) is 0. The fraction of sp³-hybridized carbons (Fsp3) is 0.500.